The van der Waals surface area contributed by atoms with Crippen molar-refractivity contribution >= 4 is 23.4 Å². The predicted molar refractivity (Wildman–Crippen MR) is 74.5 cm³/mol. The Morgan fingerprint density at radius 3 is 2.70 bits per heavy atom. The van der Waals surface area contributed by atoms with E-state index >= 15 is 0 Å². The van der Waals surface area contributed by atoms with Gasteiger partial charge in [-0.1, -0.05) is 6.92 Å². The van der Waals surface area contributed by atoms with Crippen LogP contribution in [0.15, 0.2) is 18.2 Å². The molecule has 0 spiro atoms. The van der Waals surface area contributed by atoms with E-state index in [4.69, 9.17) is 12.2 Å². The lowest BCUT2D eigenvalue weighted by molar-refractivity contribution is 0.508. The summed E-state index contributed by atoms with van der Waals surface area (Å²) in [7, 11) is 1.79. The number of imidazole rings is 1. The fraction of sp³-hybridized carbons (Fsp3) is 0.231. The molecule has 1 N–H and O–H groups in total. The number of rotatable bonds is 2. The van der Waals surface area contributed by atoms with Gasteiger partial charge in [-0.25, -0.2) is 13.5 Å². The monoisotopic (exact) mass is 294 g/mol. The molecule has 1 aromatic carbocycles. The van der Waals surface area contributed by atoms with Gasteiger partial charge < -0.3 is 4.98 Å². The lowest BCUT2D eigenvalue weighted by Gasteiger charge is -2.05. The van der Waals surface area contributed by atoms with E-state index in [0.29, 0.717) is 10.5 Å². The second kappa shape index (κ2) is 4.52. The zero-order chi connectivity index (χ0) is 14.4. The first kappa shape index (κ1) is 13.0. The van der Waals surface area contributed by atoms with Crippen molar-refractivity contribution < 1.29 is 8.78 Å². The fourth-order valence-corrected chi connectivity index (χ4v) is 2.62. The Labute approximate surface area is 118 Å². The van der Waals surface area contributed by atoms with Crippen molar-refractivity contribution in [1.29, 1.82) is 0 Å². The van der Waals surface area contributed by atoms with Gasteiger partial charge in [0.2, 0.25) is 0 Å². The van der Waals surface area contributed by atoms with Crippen LogP contribution in [0.25, 0.3) is 16.9 Å². The first-order valence-electron chi connectivity index (χ1n) is 6.15. The maximum absolute atomic E-state index is 13.4. The van der Waals surface area contributed by atoms with Crippen LogP contribution in [-0.4, -0.2) is 19.3 Å². The standard InChI is InChI=1S/C13H12F2N4S/c1-3-10-11-12(18(2)17-10)19(13(20)16-11)7-4-5-8(14)9(15)6-7/h4-6H,3H2,1-2H3,(H,16,20). The number of aromatic nitrogens is 4. The highest BCUT2D eigenvalue weighted by Crippen LogP contribution is 2.23. The largest absolute Gasteiger partial charge is 0.327 e. The molecule has 3 rings (SSSR count). The second-order valence-corrected chi connectivity index (χ2v) is 4.87. The maximum atomic E-state index is 13.4. The van der Waals surface area contributed by atoms with Gasteiger partial charge in [0.05, 0.1) is 11.4 Å². The summed E-state index contributed by atoms with van der Waals surface area (Å²) in [4.78, 5) is 3.08. The third-order valence-corrected chi connectivity index (χ3v) is 3.52. The van der Waals surface area contributed by atoms with E-state index in [2.05, 4.69) is 10.1 Å². The molecule has 104 valence electrons. The van der Waals surface area contributed by atoms with Gasteiger partial charge in [0.15, 0.2) is 22.1 Å². The molecule has 0 saturated carbocycles. The third kappa shape index (κ3) is 1.77. The molecule has 4 nitrogen and oxygen atoms in total. The maximum Gasteiger partial charge on any atom is 0.184 e. The highest BCUT2D eigenvalue weighted by Gasteiger charge is 2.16. The predicted octanol–water partition coefficient (Wildman–Crippen LogP) is 3.26. The number of hydrogen-bond acceptors (Lipinski definition) is 2. The lowest BCUT2D eigenvalue weighted by atomic mass is 10.3. The minimum atomic E-state index is -0.906. The Hall–Kier alpha value is -2.02. The molecule has 0 unspecified atom stereocenters. The van der Waals surface area contributed by atoms with Crippen LogP contribution in [-0.2, 0) is 13.5 Å². The van der Waals surface area contributed by atoms with Gasteiger partial charge in [0.25, 0.3) is 0 Å². The van der Waals surface area contributed by atoms with Gasteiger partial charge in [0, 0.05) is 13.1 Å². The smallest absolute Gasteiger partial charge is 0.184 e. The van der Waals surface area contributed by atoms with Crippen LogP contribution >= 0.6 is 12.2 Å². The zero-order valence-corrected chi connectivity index (χ0v) is 11.8. The van der Waals surface area contributed by atoms with Gasteiger partial charge in [-0.05, 0) is 30.8 Å². The molecular weight excluding hydrogens is 282 g/mol. The summed E-state index contributed by atoms with van der Waals surface area (Å²) in [6, 6.07) is 3.69. The Balaban J connectivity index is 2.35. The Morgan fingerprint density at radius 1 is 1.30 bits per heavy atom. The van der Waals surface area contributed by atoms with Crippen molar-refractivity contribution in [3.63, 3.8) is 0 Å². The van der Waals surface area contributed by atoms with Crippen molar-refractivity contribution in [2.24, 2.45) is 7.05 Å². The Morgan fingerprint density at radius 2 is 2.05 bits per heavy atom. The quantitative estimate of drug-likeness (QED) is 0.737. The average Bonchev–Trinajstić information content (AvgIpc) is 2.90. The number of benzene rings is 1. The number of hydrogen-bond donors (Lipinski definition) is 1. The lowest BCUT2D eigenvalue weighted by Crippen LogP contribution is -2.02. The normalized spacial score (nSPS) is 11.4. The Bertz CT molecular complexity index is 859. The average molecular weight is 294 g/mol. The second-order valence-electron chi connectivity index (χ2n) is 4.49. The molecule has 0 saturated heterocycles. The van der Waals surface area contributed by atoms with Gasteiger partial charge in [-0.15, -0.1) is 0 Å². The van der Waals surface area contributed by atoms with Gasteiger partial charge in [-0.3, -0.25) is 4.57 Å². The minimum Gasteiger partial charge on any atom is -0.327 e. The summed E-state index contributed by atoms with van der Waals surface area (Å²) in [5.74, 6) is -1.79. The summed E-state index contributed by atoms with van der Waals surface area (Å²) >= 11 is 5.28. The van der Waals surface area contributed by atoms with Gasteiger partial charge in [-0.2, -0.15) is 5.10 Å². The van der Waals surface area contributed by atoms with Gasteiger partial charge >= 0.3 is 0 Å². The van der Waals surface area contributed by atoms with Crippen LogP contribution < -0.4 is 0 Å². The van der Waals surface area contributed by atoms with E-state index in [-0.39, 0.29) is 0 Å². The van der Waals surface area contributed by atoms with Crippen molar-refractivity contribution in [1.82, 2.24) is 19.3 Å². The molecule has 0 atom stereocenters. The number of nitrogens with zero attached hydrogens (tertiary/aromatic N) is 3. The van der Waals surface area contributed by atoms with E-state index in [1.165, 1.54) is 6.07 Å². The molecule has 0 aliphatic carbocycles. The molecule has 3 aromatic rings. The van der Waals surface area contributed by atoms with Crippen molar-refractivity contribution in [2.75, 3.05) is 0 Å². The summed E-state index contributed by atoms with van der Waals surface area (Å²) < 4.78 is 30.2. The fourth-order valence-electron chi connectivity index (χ4n) is 2.32. The van der Waals surface area contributed by atoms with Crippen LogP contribution in [0.4, 0.5) is 8.78 Å². The first-order valence-corrected chi connectivity index (χ1v) is 6.55. The minimum absolute atomic E-state index is 0.425. The van der Waals surface area contributed by atoms with Crippen LogP contribution in [0.3, 0.4) is 0 Å². The number of aromatic amines is 1. The SMILES string of the molecule is CCc1nn(C)c2c1[nH]c(=S)n2-c1ccc(F)c(F)c1. The van der Waals surface area contributed by atoms with Crippen LogP contribution in [0.2, 0.25) is 0 Å². The van der Waals surface area contributed by atoms with E-state index in [1.807, 2.05) is 6.92 Å². The summed E-state index contributed by atoms with van der Waals surface area (Å²) in [6.45, 7) is 1.99. The highest BCUT2D eigenvalue weighted by molar-refractivity contribution is 7.71. The summed E-state index contributed by atoms with van der Waals surface area (Å²) in [5.41, 5.74) is 2.91. The first-order chi connectivity index (χ1) is 9.52. The molecule has 2 aromatic heterocycles. The molecule has 0 radical (unpaired) electrons. The molecule has 0 fully saturated rings. The van der Waals surface area contributed by atoms with E-state index < -0.39 is 11.6 Å². The third-order valence-electron chi connectivity index (χ3n) is 3.23. The number of nitrogens with one attached hydrogen (secondary N) is 1. The van der Waals surface area contributed by atoms with Crippen molar-refractivity contribution in [3.8, 4) is 5.69 Å². The van der Waals surface area contributed by atoms with Crippen LogP contribution in [0.5, 0.6) is 0 Å². The molecule has 0 aliphatic rings. The van der Waals surface area contributed by atoms with Crippen molar-refractivity contribution in [3.05, 3.63) is 40.3 Å². The number of halogens is 2. The number of fused-ring (bicyclic) bond motifs is 1. The Kier molecular flexibility index (Phi) is 2.93. The molecule has 2 heterocycles. The van der Waals surface area contributed by atoms with Crippen LogP contribution in [0, 0.1) is 16.4 Å². The number of aryl methyl sites for hydroxylation is 2. The zero-order valence-electron chi connectivity index (χ0n) is 10.9. The van der Waals surface area contributed by atoms with Gasteiger partial charge in [0.1, 0.15) is 5.52 Å². The molecule has 7 heteroatoms. The summed E-state index contributed by atoms with van der Waals surface area (Å²) in [5, 5.41) is 4.39. The molecule has 20 heavy (non-hydrogen) atoms. The van der Waals surface area contributed by atoms with Crippen molar-refractivity contribution in [2.45, 2.75) is 13.3 Å². The van der Waals surface area contributed by atoms with E-state index in [1.54, 1.807) is 16.3 Å². The molecule has 0 bridgehead atoms. The molecular formula is C13H12F2N4S. The number of H-pyrrole nitrogens is 1. The van der Waals surface area contributed by atoms with E-state index in [0.717, 1.165) is 35.4 Å². The summed E-state index contributed by atoms with van der Waals surface area (Å²) in [6.07, 6.45) is 0.754. The highest BCUT2D eigenvalue weighted by atomic mass is 32.1. The van der Waals surface area contributed by atoms with Crippen LogP contribution in [0.1, 0.15) is 12.6 Å². The molecule has 0 amide bonds. The molecule has 0 aliphatic heterocycles. The topological polar surface area (TPSA) is 38.5 Å². The van der Waals surface area contributed by atoms with E-state index in [9.17, 15) is 8.78 Å².